The summed E-state index contributed by atoms with van der Waals surface area (Å²) in [6.45, 7) is 0. The number of halogens is 2. The summed E-state index contributed by atoms with van der Waals surface area (Å²) < 4.78 is 30.0. The van der Waals surface area contributed by atoms with E-state index in [2.05, 4.69) is 5.32 Å². The van der Waals surface area contributed by atoms with Gasteiger partial charge in [-0.1, -0.05) is 47.5 Å². The van der Waals surface area contributed by atoms with Crippen LogP contribution in [0.2, 0.25) is 10.0 Å². The number of benzene rings is 3. The number of amides is 4. The van der Waals surface area contributed by atoms with Gasteiger partial charge in [0.2, 0.25) is 0 Å². The zero-order valence-corrected chi connectivity index (χ0v) is 19.4. The van der Waals surface area contributed by atoms with Gasteiger partial charge in [-0.15, -0.1) is 0 Å². The van der Waals surface area contributed by atoms with Crippen molar-refractivity contribution < 1.29 is 27.0 Å². The molecule has 0 radical (unpaired) electrons. The largest absolute Gasteiger partial charge is 0.377 e. The number of nitrogens with zero attached hydrogens (tertiary/aromatic N) is 1. The van der Waals surface area contributed by atoms with Gasteiger partial charge in [0.25, 0.3) is 11.8 Å². The van der Waals surface area contributed by atoms with Crippen molar-refractivity contribution >= 4 is 62.9 Å². The van der Waals surface area contributed by atoms with E-state index >= 15 is 0 Å². The molecule has 172 valence electrons. The Bertz CT molecular complexity index is 1440. The Balaban J connectivity index is 1.62. The van der Waals surface area contributed by atoms with E-state index in [-0.39, 0.29) is 26.9 Å². The van der Waals surface area contributed by atoms with Gasteiger partial charge in [-0.3, -0.25) is 14.9 Å². The third-order valence-electron chi connectivity index (χ3n) is 4.68. The van der Waals surface area contributed by atoms with Gasteiger partial charge in [-0.2, -0.15) is 8.42 Å². The van der Waals surface area contributed by atoms with Crippen LogP contribution in [0.25, 0.3) is 6.08 Å². The monoisotopic (exact) mass is 516 g/mol. The number of hydrogen-bond acceptors (Lipinski definition) is 6. The first-order valence-electron chi connectivity index (χ1n) is 9.62. The summed E-state index contributed by atoms with van der Waals surface area (Å²) >= 11 is 12.0. The molecule has 1 saturated heterocycles. The molecule has 1 aliphatic heterocycles. The van der Waals surface area contributed by atoms with Gasteiger partial charge in [0, 0.05) is 5.02 Å². The van der Waals surface area contributed by atoms with E-state index in [4.69, 9.17) is 27.4 Å². The maximum Gasteiger partial charge on any atom is 0.339 e. The van der Waals surface area contributed by atoms with Crippen molar-refractivity contribution in [1.82, 2.24) is 5.32 Å². The lowest BCUT2D eigenvalue weighted by molar-refractivity contribution is -0.122. The van der Waals surface area contributed by atoms with E-state index in [1.807, 2.05) is 0 Å². The number of anilines is 1. The van der Waals surface area contributed by atoms with E-state index in [1.165, 1.54) is 60.7 Å². The Morgan fingerprint density at radius 2 is 1.56 bits per heavy atom. The number of hydrogen-bond donors (Lipinski definition) is 1. The number of barbiturate groups is 1. The molecule has 0 unspecified atom stereocenters. The van der Waals surface area contributed by atoms with Crippen LogP contribution in [-0.4, -0.2) is 26.3 Å². The van der Waals surface area contributed by atoms with Crippen LogP contribution in [0.3, 0.4) is 0 Å². The molecule has 11 heteroatoms. The van der Waals surface area contributed by atoms with E-state index < -0.39 is 28.0 Å². The van der Waals surface area contributed by atoms with Crippen molar-refractivity contribution in [3.63, 3.8) is 0 Å². The van der Waals surface area contributed by atoms with E-state index in [0.717, 1.165) is 4.90 Å². The summed E-state index contributed by atoms with van der Waals surface area (Å²) in [5.41, 5.74) is 0.202. The zero-order chi connectivity index (χ0) is 24.5. The SMILES string of the molecule is O=C1NC(=O)N(c2ccc(Cl)cc2)C(=O)/C1=C/c1ccc(OS(=O)(=O)c2ccccc2)c(Cl)c1. The number of rotatable bonds is 5. The molecule has 8 nitrogen and oxygen atoms in total. The van der Waals surface area contributed by atoms with Gasteiger partial charge in [-0.05, 0) is 60.2 Å². The second-order valence-corrected chi connectivity index (χ2v) is 9.36. The summed E-state index contributed by atoms with van der Waals surface area (Å²) in [5, 5.41) is 2.45. The third kappa shape index (κ3) is 4.81. The van der Waals surface area contributed by atoms with Crippen LogP contribution in [0.5, 0.6) is 5.75 Å². The summed E-state index contributed by atoms with van der Waals surface area (Å²) in [6.07, 6.45) is 1.23. The topological polar surface area (TPSA) is 110 Å². The molecule has 1 aliphatic rings. The maximum absolute atomic E-state index is 12.9. The standard InChI is InChI=1S/C23H14Cl2N2O6S/c24-15-7-9-16(10-8-15)27-22(29)18(21(28)26-23(27)30)12-14-6-11-20(19(25)13-14)33-34(31,32)17-4-2-1-3-5-17/h1-13H,(H,26,28,30)/b18-12+. The highest BCUT2D eigenvalue weighted by molar-refractivity contribution is 7.87. The first-order chi connectivity index (χ1) is 16.2. The molecule has 4 rings (SSSR count). The summed E-state index contributed by atoms with van der Waals surface area (Å²) in [6, 6.07) is 16.6. The molecule has 3 aromatic rings. The lowest BCUT2D eigenvalue weighted by Gasteiger charge is -2.26. The van der Waals surface area contributed by atoms with Crippen molar-refractivity contribution in [3.05, 3.63) is 94.0 Å². The molecule has 0 bridgehead atoms. The van der Waals surface area contributed by atoms with Gasteiger partial charge < -0.3 is 4.18 Å². The van der Waals surface area contributed by atoms with Crippen LogP contribution in [-0.2, 0) is 19.7 Å². The molecule has 0 aromatic heterocycles. The van der Waals surface area contributed by atoms with Crippen LogP contribution in [0, 0.1) is 0 Å². The first-order valence-corrected chi connectivity index (χ1v) is 11.8. The summed E-state index contributed by atoms with van der Waals surface area (Å²) in [5.74, 6) is -1.87. The van der Waals surface area contributed by atoms with Crippen LogP contribution in [0.15, 0.2) is 83.3 Å². The highest BCUT2D eigenvalue weighted by atomic mass is 35.5. The molecule has 0 spiro atoms. The molecule has 1 N–H and O–H groups in total. The minimum Gasteiger partial charge on any atom is -0.377 e. The Morgan fingerprint density at radius 3 is 2.21 bits per heavy atom. The molecule has 1 heterocycles. The van der Waals surface area contributed by atoms with Crippen molar-refractivity contribution in [1.29, 1.82) is 0 Å². The Morgan fingerprint density at radius 1 is 0.882 bits per heavy atom. The minimum atomic E-state index is -4.11. The third-order valence-corrected chi connectivity index (χ3v) is 6.48. The fourth-order valence-electron chi connectivity index (χ4n) is 3.08. The Labute approximate surface area is 204 Å². The Kier molecular flexibility index (Phi) is 6.43. The van der Waals surface area contributed by atoms with Crippen LogP contribution >= 0.6 is 23.2 Å². The van der Waals surface area contributed by atoms with Crippen molar-refractivity contribution in [2.75, 3.05) is 4.90 Å². The predicted molar refractivity (Wildman–Crippen MR) is 126 cm³/mol. The van der Waals surface area contributed by atoms with Gasteiger partial charge in [0.1, 0.15) is 10.5 Å². The molecule has 0 aliphatic carbocycles. The van der Waals surface area contributed by atoms with Crippen LogP contribution in [0.4, 0.5) is 10.5 Å². The first kappa shape index (κ1) is 23.5. The minimum absolute atomic E-state index is 0.0475. The zero-order valence-electron chi connectivity index (χ0n) is 17.1. The molecular weight excluding hydrogens is 503 g/mol. The van der Waals surface area contributed by atoms with Gasteiger partial charge in [0.15, 0.2) is 5.75 Å². The molecule has 0 atom stereocenters. The van der Waals surface area contributed by atoms with Crippen LogP contribution in [0.1, 0.15) is 5.56 Å². The van der Waals surface area contributed by atoms with E-state index in [9.17, 15) is 22.8 Å². The molecule has 34 heavy (non-hydrogen) atoms. The summed E-state index contributed by atoms with van der Waals surface area (Å²) in [4.78, 5) is 38.3. The quantitative estimate of drug-likeness (QED) is 0.305. The van der Waals surface area contributed by atoms with Crippen molar-refractivity contribution in [2.45, 2.75) is 4.90 Å². The lowest BCUT2D eigenvalue weighted by atomic mass is 10.1. The summed E-state index contributed by atoms with van der Waals surface area (Å²) in [7, 11) is -4.11. The molecule has 1 fully saturated rings. The van der Waals surface area contributed by atoms with Gasteiger partial charge in [-0.25, -0.2) is 9.69 Å². The van der Waals surface area contributed by atoms with E-state index in [0.29, 0.717) is 10.6 Å². The van der Waals surface area contributed by atoms with Crippen molar-refractivity contribution in [3.8, 4) is 5.75 Å². The number of urea groups is 1. The highest BCUT2D eigenvalue weighted by Gasteiger charge is 2.36. The van der Waals surface area contributed by atoms with Crippen LogP contribution < -0.4 is 14.4 Å². The van der Waals surface area contributed by atoms with Gasteiger partial charge in [0.05, 0.1) is 10.7 Å². The number of nitrogens with one attached hydrogen (secondary N) is 1. The molecule has 3 aromatic carbocycles. The molecule has 0 saturated carbocycles. The fraction of sp³-hybridized carbons (Fsp3) is 0. The maximum atomic E-state index is 12.9. The normalized spacial score (nSPS) is 15.4. The average Bonchev–Trinajstić information content (AvgIpc) is 2.80. The number of imide groups is 2. The fourth-order valence-corrected chi connectivity index (χ4v) is 4.44. The second-order valence-electron chi connectivity index (χ2n) is 6.97. The predicted octanol–water partition coefficient (Wildman–Crippen LogP) is 4.43. The Hall–Kier alpha value is -3.66. The molecule has 4 amide bonds. The smallest absolute Gasteiger partial charge is 0.339 e. The second kappa shape index (κ2) is 9.30. The van der Waals surface area contributed by atoms with Gasteiger partial charge >= 0.3 is 16.1 Å². The number of carbonyl (C=O) groups excluding carboxylic acids is 3. The number of carbonyl (C=O) groups is 3. The van der Waals surface area contributed by atoms with Crippen molar-refractivity contribution in [2.24, 2.45) is 0 Å². The average molecular weight is 517 g/mol. The molecular formula is C23H14Cl2N2O6S. The highest BCUT2D eigenvalue weighted by Crippen LogP contribution is 2.30. The van der Waals surface area contributed by atoms with E-state index in [1.54, 1.807) is 18.2 Å². The lowest BCUT2D eigenvalue weighted by Crippen LogP contribution is -2.54.